The van der Waals surface area contributed by atoms with Crippen molar-refractivity contribution in [1.82, 2.24) is 19.7 Å². The lowest BCUT2D eigenvalue weighted by molar-refractivity contribution is 0.782. The Bertz CT molecular complexity index is 521. The highest BCUT2D eigenvalue weighted by molar-refractivity contribution is 7.99. The minimum atomic E-state index is 0.551. The summed E-state index contributed by atoms with van der Waals surface area (Å²) in [6.45, 7) is 4.30. The maximum Gasteiger partial charge on any atom is 0.163 e. The number of nitrogens with one attached hydrogen (secondary N) is 1. The first-order valence-corrected chi connectivity index (χ1v) is 6.43. The van der Waals surface area contributed by atoms with Gasteiger partial charge < -0.3 is 5.43 Å². The molecule has 7 heteroatoms. The molecule has 0 saturated heterocycles. The van der Waals surface area contributed by atoms with E-state index in [1.165, 1.54) is 0 Å². The summed E-state index contributed by atoms with van der Waals surface area (Å²) >= 11 is 1.80. The molecule has 0 aliphatic rings. The Kier molecular flexibility index (Phi) is 3.49. The Hall–Kier alpha value is -1.34. The third-order valence-corrected chi connectivity index (χ3v) is 3.41. The van der Waals surface area contributed by atoms with Gasteiger partial charge >= 0.3 is 0 Å². The summed E-state index contributed by atoms with van der Waals surface area (Å²) in [7, 11) is 1.86. The van der Waals surface area contributed by atoms with Gasteiger partial charge in [-0.05, 0) is 5.25 Å². The fraction of sp³-hybridized carbons (Fsp3) is 0.500. The molecule has 0 spiro atoms. The number of hydrazine groups is 1. The predicted octanol–water partition coefficient (Wildman–Crippen LogP) is 1.29. The molecule has 17 heavy (non-hydrogen) atoms. The van der Waals surface area contributed by atoms with Gasteiger partial charge in [0.05, 0.1) is 17.3 Å². The maximum atomic E-state index is 5.47. The summed E-state index contributed by atoms with van der Waals surface area (Å²) in [5.74, 6) is 7.64. The maximum absolute atomic E-state index is 5.47. The van der Waals surface area contributed by atoms with Crippen LogP contribution in [-0.4, -0.2) is 25.0 Å². The predicted molar refractivity (Wildman–Crippen MR) is 70.5 cm³/mol. The van der Waals surface area contributed by atoms with Gasteiger partial charge in [0.25, 0.3) is 0 Å². The third kappa shape index (κ3) is 2.50. The third-order valence-electron chi connectivity index (χ3n) is 2.32. The van der Waals surface area contributed by atoms with Crippen LogP contribution in [0.3, 0.4) is 0 Å². The fourth-order valence-electron chi connectivity index (χ4n) is 1.48. The standard InChI is InChI=1S/C10H16N6S/c1-6(2)17-5-8-13-9(15-11)7-4-12-16(3)10(7)14-8/h4,6H,5,11H2,1-3H3,(H,13,14,15). The van der Waals surface area contributed by atoms with Gasteiger partial charge in [0.2, 0.25) is 0 Å². The molecule has 0 unspecified atom stereocenters. The highest BCUT2D eigenvalue weighted by Crippen LogP contribution is 2.21. The van der Waals surface area contributed by atoms with Crippen LogP contribution in [-0.2, 0) is 12.8 Å². The first-order chi connectivity index (χ1) is 8.11. The first-order valence-electron chi connectivity index (χ1n) is 5.38. The number of nitrogens with zero attached hydrogens (tertiary/aromatic N) is 4. The zero-order valence-electron chi connectivity index (χ0n) is 10.1. The average Bonchev–Trinajstić information content (AvgIpc) is 2.68. The van der Waals surface area contributed by atoms with Crippen LogP contribution in [0, 0.1) is 0 Å². The summed E-state index contributed by atoms with van der Waals surface area (Å²) in [5, 5.41) is 5.54. The van der Waals surface area contributed by atoms with Crippen LogP contribution < -0.4 is 11.3 Å². The molecule has 0 aliphatic carbocycles. The summed E-state index contributed by atoms with van der Waals surface area (Å²) in [4.78, 5) is 8.87. The van der Waals surface area contributed by atoms with Crippen LogP contribution in [0.5, 0.6) is 0 Å². The summed E-state index contributed by atoms with van der Waals surface area (Å²) in [5.41, 5.74) is 3.40. The molecular weight excluding hydrogens is 236 g/mol. The number of aryl methyl sites for hydroxylation is 1. The van der Waals surface area contributed by atoms with E-state index < -0.39 is 0 Å². The van der Waals surface area contributed by atoms with E-state index in [9.17, 15) is 0 Å². The van der Waals surface area contributed by atoms with Gasteiger partial charge in [0, 0.05) is 7.05 Å². The topological polar surface area (TPSA) is 81.6 Å². The highest BCUT2D eigenvalue weighted by Gasteiger charge is 2.10. The van der Waals surface area contributed by atoms with Crippen LogP contribution in [0.15, 0.2) is 6.20 Å². The first kappa shape index (κ1) is 12.1. The summed E-state index contributed by atoms with van der Waals surface area (Å²) in [6, 6.07) is 0. The number of hydrogen-bond donors (Lipinski definition) is 2. The zero-order valence-corrected chi connectivity index (χ0v) is 11.0. The number of hydrogen-bond acceptors (Lipinski definition) is 6. The number of nitrogen functional groups attached to an aromatic ring is 1. The molecule has 2 rings (SSSR count). The molecule has 92 valence electrons. The molecule has 0 atom stereocenters. The number of aromatic nitrogens is 4. The van der Waals surface area contributed by atoms with Crippen molar-refractivity contribution < 1.29 is 0 Å². The zero-order chi connectivity index (χ0) is 12.4. The lowest BCUT2D eigenvalue weighted by Gasteiger charge is -2.07. The van der Waals surface area contributed by atoms with E-state index in [1.54, 1.807) is 22.6 Å². The van der Waals surface area contributed by atoms with Crippen LogP contribution in [0.1, 0.15) is 19.7 Å². The number of anilines is 1. The van der Waals surface area contributed by atoms with Gasteiger partial charge in [-0.2, -0.15) is 16.9 Å². The normalized spacial score (nSPS) is 11.4. The van der Waals surface area contributed by atoms with Crippen molar-refractivity contribution in [3.63, 3.8) is 0 Å². The van der Waals surface area contributed by atoms with Gasteiger partial charge in [0.1, 0.15) is 5.82 Å². The Morgan fingerprint density at radius 3 is 2.88 bits per heavy atom. The quantitative estimate of drug-likeness (QED) is 0.630. The molecule has 0 saturated carbocycles. The van der Waals surface area contributed by atoms with E-state index in [1.807, 2.05) is 7.05 Å². The van der Waals surface area contributed by atoms with Crippen LogP contribution in [0.25, 0.3) is 11.0 Å². The minimum absolute atomic E-state index is 0.551. The van der Waals surface area contributed by atoms with Gasteiger partial charge in [-0.1, -0.05) is 13.8 Å². The Morgan fingerprint density at radius 1 is 1.47 bits per heavy atom. The van der Waals surface area contributed by atoms with Crippen molar-refractivity contribution >= 4 is 28.6 Å². The Labute approximate surface area is 104 Å². The smallest absolute Gasteiger partial charge is 0.163 e. The van der Waals surface area contributed by atoms with E-state index in [0.717, 1.165) is 22.6 Å². The van der Waals surface area contributed by atoms with E-state index in [4.69, 9.17) is 5.84 Å². The second-order valence-corrected chi connectivity index (χ2v) is 5.56. The van der Waals surface area contributed by atoms with Crippen molar-refractivity contribution in [1.29, 1.82) is 0 Å². The monoisotopic (exact) mass is 252 g/mol. The lowest BCUT2D eigenvalue weighted by Crippen LogP contribution is -2.11. The van der Waals surface area contributed by atoms with Crippen LogP contribution >= 0.6 is 11.8 Å². The molecular formula is C10H16N6S. The van der Waals surface area contributed by atoms with Crippen molar-refractivity contribution in [2.24, 2.45) is 12.9 Å². The highest BCUT2D eigenvalue weighted by atomic mass is 32.2. The second kappa shape index (κ2) is 4.89. The molecule has 0 radical (unpaired) electrons. The Morgan fingerprint density at radius 2 is 2.24 bits per heavy atom. The number of rotatable bonds is 4. The molecule has 0 aromatic carbocycles. The summed E-state index contributed by atoms with van der Waals surface area (Å²) < 4.78 is 1.72. The largest absolute Gasteiger partial charge is 0.308 e. The number of thioether (sulfide) groups is 1. The van der Waals surface area contributed by atoms with E-state index in [-0.39, 0.29) is 0 Å². The van der Waals surface area contributed by atoms with Gasteiger partial charge in [-0.3, -0.25) is 4.68 Å². The van der Waals surface area contributed by atoms with Crippen LogP contribution in [0.4, 0.5) is 5.82 Å². The van der Waals surface area contributed by atoms with Crippen molar-refractivity contribution in [2.75, 3.05) is 5.43 Å². The van der Waals surface area contributed by atoms with Gasteiger partial charge in [-0.15, -0.1) is 0 Å². The number of fused-ring (bicyclic) bond motifs is 1. The average molecular weight is 252 g/mol. The van der Waals surface area contributed by atoms with Crippen molar-refractivity contribution in [3.8, 4) is 0 Å². The van der Waals surface area contributed by atoms with Crippen molar-refractivity contribution in [2.45, 2.75) is 24.9 Å². The molecule has 2 aromatic rings. The molecule has 6 nitrogen and oxygen atoms in total. The SMILES string of the molecule is CC(C)SCc1nc(NN)c2cnn(C)c2n1. The van der Waals surface area contributed by atoms with E-state index in [0.29, 0.717) is 11.1 Å². The van der Waals surface area contributed by atoms with Crippen molar-refractivity contribution in [3.05, 3.63) is 12.0 Å². The van der Waals surface area contributed by atoms with Gasteiger partial charge in [0.15, 0.2) is 11.5 Å². The van der Waals surface area contributed by atoms with Gasteiger partial charge in [-0.25, -0.2) is 15.8 Å². The lowest BCUT2D eigenvalue weighted by atomic mass is 10.4. The van der Waals surface area contributed by atoms with Crippen LogP contribution in [0.2, 0.25) is 0 Å². The molecule has 0 fully saturated rings. The molecule has 2 aromatic heterocycles. The molecule has 2 heterocycles. The molecule has 0 bridgehead atoms. The summed E-state index contributed by atoms with van der Waals surface area (Å²) in [6.07, 6.45) is 1.71. The molecule has 0 aliphatic heterocycles. The second-order valence-electron chi connectivity index (χ2n) is 4.00. The molecule has 0 amide bonds. The van der Waals surface area contributed by atoms with E-state index in [2.05, 4.69) is 34.3 Å². The number of nitrogens with two attached hydrogens (primary N) is 1. The minimum Gasteiger partial charge on any atom is -0.308 e. The molecule has 3 N–H and O–H groups in total. The van der Waals surface area contributed by atoms with E-state index >= 15 is 0 Å². The fourth-order valence-corrected chi connectivity index (χ4v) is 2.09. The Balaban J connectivity index is 2.40.